The van der Waals surface area contributed by atoms with Crippen LogP contribution >= 0.6 is 12.4 Å². The summed E-state index contributed by atoms with van der Waals surface area (Å²) in [5.74, 6) is 0.745. The molecule has 0 radical (unpaired) electrons. The summed E-state index contributed by atoms with van der Waals surface area (Å²) >= 11 is 0. The van der Waals surface area contributed by atoms with Crippen LogP contribution in [0.25, 0.3) is 0 Å². The molecule has 1 aromatic rings. The quantitative estimate of drug-likeness (QED) is 0.664. The monoisotopic (exact) mass is 428 g/mol. The Morgan fingerprint density at radius 3 is 2.71 bits per heavy atom. The van der Waals surface area contributed by atoms with Gasteiger partial charge in [-0.05, 0) is 43.4 Å². The Bertz CT molecular complexity index is 841. The van der Waals surface area contributed by atoms with Crippen molar-refractivity contribution in [3.05, 3.63) is 29.8 Å². The fraction of sp³-hybridized carbons (Fsp3) is 0.579. The van der Waals surface area contributed by atoms with Gasteiger partial charge >= 0.3 is 0 Å². The van der Waals surface area contributed by atoms with Gasteiger partial charge in [0.2, 0.25) is 5.91 Å². The first kappa shape index (κ1) is 22.6. The van der Waals surface area contributed by atoms with Gasteiger partial charge in [-0.2, -0.15) is 0 Å². The van der Waals surface area contributed by atoms with Gasteiger partial charge in [0.25, 0.3) is 10.0 Å². The zero-order valence-electron chi connectivity index (χ0n) is 16.4. The molecule has 28 heavy (non-hydrogen) atoms. The fourth-order valence-corrected chi connectivity index (χ4v) is 4.75. The van der Waals surface area contributed by atoms with Crippen LogP contribution in [-0.2, 0) is 14.8 Å². The van der Waals surface area contributed by atoms with Crippen molar-refractivity contribution in [2.24, 2.45) is 16.8 Å². The third-order valence-electron chi connectivity index (χ3n) is 5.10. The van der Waals surface area contributed by atoms with Gasteiger partial charge in [-0.1, -0.05) is 32.9 Å². The van der Waals surface area contributed by atoms with Crippen LogP contribution in [0.3, 0.4) is 0 Å². The smallest absolute Gasteiger partial charge is 0.263 e. The summed E-state index contributed by atoms with van der Waals surface area (Å²) in [5, 5.41) is 6.41. The van der Waals surface area contributed by atoms with E-state index in [1.807, 2.05) is 13.8 Å². The van der Waals surface area contributed by atoms with E-state index in [4.69, 9.17) is 0 Å². The normalized spacial score (nSPS) is 25.5. The summed E-state index contributed by atoms with van der Waals surface area (Å²) in [5.41, 5.74) is 0.520. The van der Waals surface area contributed by atoms with Crippen LogP contribution in [0.15, 0.2) is 34.2 Å². The minimum absolute atomic E-state index is 0. The van der Waals surface area contributed by atoms with Crippen LogP contribution in [0.4, 0.5) is 0 Å². The van der Waals surface area contributed by atoms with Crippen molar-refractivity contribution in [1.29, 1.82) is 0 Å². The number of hydrogen-bond donors (Lipinski definition) is 3. The van der Waals surface area contributed by atoms with E-state index in [0.29, 0.717) is 17.9 Å². The van der Waals surface area contributed by atoms with E-state index in [1.165, 1.54) is 0 Å². The van der Waals surface area contributed by atoms with Crippen molar-refractivity contribution in [2.45, 2.75) is 50.6 Å². The van der Waals surface area contributed by atoms with Gasteiger partial charge in [-0.25, -0.2) is 8.42 Å². The fourth-order valence-electron chi connectivity index (χ4n) is 3.51. The number of rotatable bonds is 5. The van der Waals surface area contributed by atoms with Crippen molar-refractivity contribution in [2.75, 3.05) is 13.1 Å². The van der Waals surface area contributed by atoms with Gasteiger partial charge in [0.15, 0.2) is 0 Å². The van der Waals surface area contributed by atoms with E-state index in [2.05, 4.69) is 27.3 Å². The molecule has 0 spiro atoms. The molecule has 0 aliphatic carbocycles. The molecule has 1 saturated heterocycles. The summed E-state index contributed by atoms with van der Waals surface area (Å²) in [7, 11) is -3.61. The maximum absolute atomic E-state index is 12.9. The largest absolute Gasteiger partial charge is 0.350 e. The Morgan fingerprint density at radius 1 is 1.32 bits per heavy atom. The zero-order valence-corrected chi connectivity index (χ0v) is 18.1. The summed E-state index contributed by atoms with van der Waals surface area (Å²) in [6.07, 6.45) is 1.56. The summed E-state index contributed by atoms with van der Waals surface area (Å²) in [6, 6.07) is 6.13. The van der Waals surface area contributed by atoms with E-state index >= 15 is 0 Å². The van der Waals surface area contributed by atoms with Gasteiger partial charge < -0.3 is 10.6 Å². The number of hydrogen-bond acceptors (Lipinski definition) is 5. The lowest BCUT2D eigenvalue weighted by Crippen LogP contribution is -2.52. The lowest BCUT2D eigenvalue weighted by Gasteiger charge is -2.31. The molecule has 3 unspecified atom stereocenters. The molecule has 1 fully saturated rings. The predicted octanol–water partition coefficient (Wildman–Crippen LogP) is 1.68. The highest BCUT2D eigenvalue weighted by Crippen LogP contribution is 2.23. The topological polar surface area (TPSA) is 99.7 Å². The van der Waals surface area contributed by atoms with Crippen molar-refractivity contribution in [1.82, 2.24) is 15.4 Å². The Kier molecular flexibility index (Phi) is 7.47. The van der Waals surface area contributed by atoms with Crippen molar-refractivity contribution >= 4 is 34.2 Å². The molecule has 156 valence electrons. The second-order valence-corrected chi connectivity index (χ2v) is 9.46. The Morgan fingerprint density at radius 2 is 2.04 bits per heavy atom. The number of carbonyl (C=O) groups is 1. The number of sulfonamides is 1. The summed E-state index contributed by atoms with van der Waals surface area (Å²) in [4.78, 5) is 17.7. The second-order valence-electron chi connectivity index (χ2n) is 7.81. The lowest BCUT2D eigenvalue weighted by atomic mass is 9.94. The number of carbonyl (C=O) groups excluding carboxylic acids is 1. The highest BCUT2D eigenvalue weighted by Gasteiger charge is 2.33. The molecule has 3 atom stereocenters. The average Bonchev–Trinajstić information content (AvgIpc) is 2.87. The van der Waals surface area contributed by atoms with Crippen molar-refractivity contribution < 1.29 is 13.2 Å². The van der Waals surface area contributed by atoms with E-state index < -0.39 is 16.1 Å². The van der Waals surface area contributed by atoms with E-state index in [0.717, 1.165) is 19.5 Å². The molecule has 1 amide bonds. The number of piperidine rings is 1. The number of nitrogens with one attached hydrogen (secondary N) is 3. The Labute approximate surface area is 173 Å². The molecule has 9 heteroatoms. The maximum atomic E-state index is 12.9. The van der Waals surface area contributed by atoms with Crippen LogP contribution in [0.5, 0.6) is 0 Å². The third-order valence-corrected chi connectivity index (χ3v) is 6.50. The number of aliphatic imine (C=N–C) groups is 1. The molecule has 2 aliphatic heterocycles. The summed E-state index contributed by atoms with van der Waals surface area (Å²) < 4.78 is 27.1. The molecule has 2 aliphatic rings. The molecule has 7 nitrogen and oxygen atoms in total. The van der Waals surface area contributed by atoms with Gasteiger partial charge in [0.05, 0.1) is 4.90 Å². The summed E-state index contributed by atoms with van der Waals surface area (Å²) in [6.45, 7) is 7.89. The predicted molar refractivity (Wildman–Crippen MR) is 112 cm³/mol. The molecular formula is C19H29ClN4O3S. The molecule has 3 rings (SSSR count). The highest BCUT2D eigenvalue weighted by atomic mass is 35.5. The number of amidine groups is 1. The van der Waals surface area contributed by atoms with Crippen LogP contribution < -0.4 is 15.4 Å². The molecule has 3 N–H and O–H groups in total. The molecule has 1 aromatic carbocycles. The standard InChI is InChI=1S/C19H28N4O3S.ClH/c1-12(2)10-15(19(24)22-16-11-20-9-8-13(16)3)21-18-14-6-4-5-7-17(14)27(25,26)23-18;/h4-7,12-13,15-16,20H,8-11H2,1-3H3,(H,21,23)(H,22,24);1H. The van der Waals surface area contributed by atoms with E-state index in [1.54, 1.807) is 24.3 Å². The van der Waals surface area contributed by atoms with E-state index in [9.17, 15) is 13.2 Å². The first-order chi connectivity index (χ1) is 12.8. The second kappa shape index (κ2) is 9.24. The Hall–Kier alpha value is -1.64. The maximum Gasteiger partial charge on any atom is 0.263 e. The van der Waals surface area contributed by atoms with Crippen LogP contribution in [0.2, 0.25) is 0 Å². The van der Waals surface area contributed by atoms with Crippen molar-refractivity contribution in [3.8, 4) is 0 Å². The SMILES string of the molecule is CC(C)CC(N=C1NS(=O)(=O)c2ccccc21)C(=O)NC1CNCCC1C.Cl. The first-order valence-corrected chi connectivity index (χ1v) is 11.0. The lowest BCUT2D eigenvalue weighted by molar-refractivity contribution is -0.123. The van der Waals surface area contributed by atoms with Gasteiger partial charge in [-0.3, -0.25) is 14.5 Å². The highest BCUT2D eigenvalue weighted by molar-refractivity contribution is 7.90. The minimum atomic E-state index is -3.61. The number of nitrogens with zero attached hydrogens (tertiary/aromatic N) is 1. The first-order valence-electron chi connectivity index (χ1n) is 9.49. The van der Waals surface area contributed by atoms with Crippen LogP contribution in [0, 0.1) is 11.8 Å². The van der Waals surface area contributed by atoms with Crippen LogP contribution in [-0.4, -0.2) is 45.3 Å². The van der Waals surface area contributed by atoms with Gasteiger partial charge in [0.1, 0.15) is 11.9 Å². The number of fused-ring (bicyclic) bond motifs is 1. The van der Waals surface area contributed by atoms with Crippen molar-refractivity contribution in [3.63, 3.8) is 0 Å². The van der Waals surface area contributed by atoms with Gasteiger partial charge in [0, 0.05) is 18.2 Å². The minimum Gasteiger partial charge on any atom is -0.350 e. The third kappa shape index (κ3) is 5.04. The molecule has 0 aromatic heterocycles. The zero-order chi connectivity index (χ0) is 19.6. The number of amides is 1. The molecular weight excluding hydrogens is 400 g/mol. The number of halogens is 1. The average molecular weight is 429 g/mol. The molecule has 2 heterocycles. The Balaban J connectivity index is 0.00000280. The van der Waals surface area contributed by atoms with Gasteiger partial charge in [-0.15, -0.1) is 12.4 Å². The van der Waals surface area contributed by atoms with Crippen LogP contribution in [0.1, 0.15) is 39.2 Å². The van der Waals surface area contributed by atoms with E-state index in [-0.39, 0.29) is 41.0 Å². The molecule has 0 saturated carbocycles. The molecule has 0 bridgehead atoms. The number of benzene rings is 1.